The highest BCUT2D eigenvalue weighted by atomic mass is 32.2. The number of Topliss-reactive ketones (excluding diaryl/α,β-unsaturated/α-hetero) is 1. The van der Waals surface area contributed by atoms with E-state index in [1.807, 2.05) is 37.4 Å². The van der Waals surface area contributed by atoms with Crippen LogP contribution in [0.3, 0.4) is 0 Å². The highest BCUT2D eigenvalue weighted by molar-refractivity contribution is 7.98. The first-order chi connectivity index (χ1) is 28.2. The number of hydrogen-bond acceptors (Lipinski definition) is 15. The number of thioether (sulfide) groups is 1. The number of rotatable bonds is 30. The van der Waals surface area contributed by atoms with E-state index in [2.05, 4.69) is 55.9 Å². The van der Waals surface area contributed by atoms with Crippen molar-refractivity contribution in [2.45, 2.75) is 24.3 Å². The van der Waals surface area contributed by atoms with Gasteiger partial charge < -0.3 is 38.1 Å². The minimum Gasteiger partial charge on any atom is -0.493 e. The van der Waals surface area contributed by atoms with Gasteiger partial charge in [0.05, 0.1) is 36.5 Å². The van der Waals surface area contributed by atoms with Crippen LogP contribution in [0.4, 0.5) is 0 Å². The fourth-order valence-corrected chi connectivity index (χ4v) is 5.94. The third-order valence-electron chi connectivity index (χ3n) is 9.34. The molecule has 59 heavy (non-hydrogen) atoms. The first-order valence-electron chi connectivity index (χ1n) is 18.8. The van der Waals surface area contributed by atoms with Crippen molar-refractivity contribution in [2.75, 3.05) is 91.8 Å². The molecule has 1 saturated heterocycles. The normalized spacial score (nSPS) is 14.5. The summed E-state index contributed by atoms with van der Waals surface area (Å²) in [6.45, 7) is 27.8. The lowest BCUT2D eigenvalue weighted by Gasteiger charge is -2.37. The van der Waals surface area contributed by atoms with E-state index in [0.29, 0.717) is 38.3 Å². The summed E-state index contributed by atoms with van der Waals surface area (Å²) < 4.78 is 39.7. The van der Waals surface area contributed by atoms with Gasteiger partial charge in [-0.3, -0.25) is 14.5 Å². The number of piperazine rings is 1. The zero-order chi connectivity index (χ0) is 43.8. The van der Waals surface area contributed by atoms with Crippen LogP contribution < -0.4 is 0 Å². The number of carbonyl (C=O) groups is 5. The zero-order valence-corrected chi connectivity index (χ0v) is 35.1. The number of allylic oxidation sites excluding steroid dienone is 2. The van der Waals surface area contributed by atoms with E-state index in [-0.39, 0.29) is 82.6 Å². The number of nitrogens with zero attached hydrogens (tertiary/aromatic N) is 2. The number of benzene rings is 1. The molecule has 0 N–H and O–H groups in total. The summed E-state index contributed by atoms with van der Waals surface area (Å²) in [5.41, 5.74) is -1.97. The first-order valence-corrected chi connectivity index (χ1v) is 20.0. The molecule has 1 aliphatic rings. The van der Waals surface area contributed by atoms with Crippen LogP contribution in [0.1, 0.15) is 23.7 Å². The number of hydrogen-bond donors (Lipinski definition) is 0. The fourth-order valence-electron chi connectivity index (χ4n) is 5.53. The minimum atomic E-state index is -1.32. The third kappa shape index (κ3) is 17.7. The Morgan fingerprint density at radius 2 is 1.07 bits per heavy atom. The van der Waals surface area contributed by atoms with Crippen LogP contribution in [0.25, 0.3) is 0 Å². The van der Waals surface area contributed by atoms with Crippen molar-refractivity contribution in [1.29, 1.82) is 0 Å². The Morgan fingerprint density at radius 1 is 0.644 bits per heavy atom. The Labute approximate surface area is 352 Å². The van der Waals surface area contributed by atoms with Gasteiger partial charge in [0, 0.05) is 61.4 Å². The molecule has 0 aromatic heterocycles. The molecule has 0 aliphatic carbocycles. The maximum atomic E-state index is 13.3. The highest BCUT2D eigenvalue weighted by Crippen LogP contribution is 2.27. The number of ketones is 1. The van der Waals surface area contributed by atoms with Gasteiger partial charge in [-0.25, -0.2) is 14.4 Å². The molecule has 2 atom stereocenters. The quantitative estimate of drug-likeness (QED) is 0.0191. The van der Waals surface area contributed by atoms with Gasteiger partial charge in [-0.15, -0.1) is 11.8 Å². The van der Waals surface area contributed by atoms with Gasteiger partial charge in [0.15, 0.2) is 5.78 Å². The van der Waals surface area contributed by atoms with Crippen molar-refractivity contribution in [3.63, 3.8) is 0 Å². The van der Waals surface area contributed by atoms with E-state index in [1.165, 1.54) is 12.2 Å². The zero-order valence-electron chi connectivity index (χ0n) is 34.3. The largest absolute Gasteiger partial charge is 0.493 e. The van der Waals surface area contributed by atoms with Gasteiger partial charge in [0.2, 0.25) is 0 Å². The molecular formula is C44H58N2O12S. The van der Waals surface area contributed by atoms with Crippen molar-refractivity contribution in [3.05, 3.63) is 118 Å². The Bertz CT molecular complexity index is 1580. The van der Waals surface area contributed by atoms with Gasteiger partial charge in [0.25, 0.3) is 0 Å². The van der Waals surface area contributed by atoms with Crippen LogP contribution in [0.2, 0.25) is 0 Å². The van der Waals surface area contributed by atoms with Crippen molar-refractivity contribution in [3.8, 4) is 0 Å². The van der Waals surface area contributed by atoms with Crippen LogP contribution >= 0.6 is 11.8 Å². The summed E-state index contributed by atoms with van der Waals surface area (Å²) in [6.07, 6.45) is 7.71. The topological polar surface area (TPSA) is 156 Å². The van der Waals surface area contributed by atoms with Crippen molar-refractivity contribution >= 4 is 41.4 Å². The fraction of sp³-hybridized carbons (Fsp3) is 0.432. The molecule has 15 heteroatoms. The second-order valence-corrected chi connectivity index (χ2v) is 14.8. The average molecular weight is 839 g/mol. The standard InChI is InChI=1S/C44H58N2O12S/c1-10-33(6)53-27-43(29-55-38(47)12-3,30-56-39(48)13-4)25-52-26-44(28-54-34(7)11-2,31-57-40(49)14-5)32-58-41(50)19-20-45-21-23-46(24-22-45)35(8)42(51)36-15-17-37(59-9)18-16-36/h10-18,35H,1-7,19-32H2,8-9H3. The van der Waals surface area contributed by atoms with Crippen molar-refractivity contribution in [2.24, 2.45) is 10.8 Å². The molecule has 2 unspecified atom stereocenters. The molecular weight excluding hydrogens is 781 g/mol. The van der Waals surface area contributed by atoms with Crippen LogP contribution in [0, 0.1) is 10.8 Å². The maximum absolute atomic E-state index is 13.3. The molecule has 1 heterocycles. The van der Waals surface area contributed by atoms with E-state index in [0.717, 1.165) is 23.1 Å². The van der Waals surface area contributed by atoms with E-state index in [1.54, 1.807) is 11.8 Å². The number of esters is 4. The van der Waals surface area contributed by atoms with E-state index < -0.39 is 34.7 Å². The summed E-state index contributed by atoms with van der Waals surface area (Å²) in [4.78, 5) is 68.3. The molecule has 0 bridgehead atoms. The predicted molar refractivity (Wildman–Crippen MR) is 225 cm³/mol. The molecule has 2 rings (SSSR count). The summed E-state index contributed by atoms with van der Waals surface area (Å²) in [5.74, 6) is -2.33. The number of carbonyl (C=O) groups excluding carboxylic acids is 5. The van der Waals surface area contributed by atoms with Crippen LogP contribution in [0.15, 0.2) is 117 Å². The van der Waals surface area contributed by atoms with Gasteiger partial charge in [-0.1, -0.05) is 58.2 Å². The van der Waals surface area contributed by atoms with E-state index in [9.17, 15) is 24.0 Å². The first kappa shape index (κ1) is 49.9. The molecule has 0 spiro atoms. The van der Waals surface area contributed by atoms with E-state index in [4.69, 9.17) is 33.2 Å². The van der Waals surface area contributed by atoms with Crippen molar-refractivity contribution < 1.29 is 57.1 Å². The molecule has 1 aromatic carbocycles. The average Bonchev–Trinajstić information content (AvgIpc) is 3.27. The summed E-state index contributed by atoms with van der Waals surface area (Å²) in [7, 11) is 0. The van der Waals surface area contributed by atoms with E-state index >= 15 is 0 Å². The van der Waals surface area contributed by atoms with Crippen LogP contribution in [-0.4, -0.2) is 137 Å². The lowest BCUT2D eigenvalue weighted by atomic mass is 9.90. The summed E-state index contributed by atoms with van der Waals surface area (Å²) >= 11 is 1.62. The molecule has 1 fully saturated rings. The Kier molecular flexibility index (Phi) is 22.0. The summed E-state index contributed by atoms with van der Waals surface area (Å²) in [5, 5.41) is 0. The molecule has 0 saturated carbocycles. The minimum absolute atomic E-state index is 0.0524. The summed E-state index contributed by atoms with van der Waals surface area (Å²) in [6, 6.07) is 7.32. The monoisotopic (exact) mass is 838 g/mol. The highest BCUT2D eigenvalue weighted by Gasteiger charge is 2.40. The molecule has 0 radical (unpaired) electrons. The van der Waals surface area contributed by atoms with Gasteiger partial charge in [-0.2, -0.15) is 0 Å². The second kappa shape index (κ2) is 26.0. The van der Waals surface area contributed by atoms with Gasteiger partial charge >= 0.3 is 23.9 Å². The lowest BCUT2D eigenvalue weighted by Crippen LogP contribution is -2.52. The van der Waals surface area contributed by atoms with Gasteiger partial charge in [0.1, 0.15) is 51.2 Å². The molecule has 1 aliphatic heterocycles. The predicted octanol–water partition coefficient (Wildman–Crippen LogP) is 5.14. The van der Waals surface area contributed by atoms with Crippen LogP contribution in [0.5, 0.6) is 0 Å². The molecule has 0 amide bonds. The Hall–Kier alpha value is -5.22. The second-order valence-electron chi connectivity index (χ2n) is 13.9. The molecule has 1 aromatic rings. The Balaban J connectivity index is 2.20. The Morgan fingerprint density at radius 3 is 1.47 bits per heavy atom. The molecule has 322 valence electrons. The third-order valence-corrected chi connectivity index (χ3v) is 10.1. The lowest BCUT2D eigenvalue weighted by molar-refractivity contribution is -0.165. The molecule has 14 nitrogen and oxygen atoms in total. The van der Waals surface area contributed by atoms with Gasteiger partial charge in [-0.05, 0) is 37.5 Å². The SMILES string of the molecule is C=CC(=C)OCC(COCC(COC(=C)C=C)(COC(=O)C=C)COC(=O)CCN1CCN(C(C)C(=O)c2ccc(SC)cc2)CC1)(COC(=O)C=C)COC(=O)C=C. The smallest absolute Gasteiger partial charge is 0.330 e. The maximum Gasteiger partial charge on any atom is 0.330 e. The number of ether oxygens (including phenoxy) is 7. The van der Waals surface area contributed by atoms with Crippen molar-refractivity contribution in [1.82, 2.24) is 9.80 Å². The van der Waals surface area contributed by atoms with Crippen LogP contribution in [-0.2, 0) is 52.3 Å².